The lowest BCUT2D eigenvalue weighted by Crippen LogP contribution is -2.50. The van der Waals surface area contributed by atoms with Gasteiger partial charge in [0.1, 0.15) is 5.41 Å². The quantitative estimate of drug-likeness (QED) is 0.791. The molecule has 1 amide bonds. The molecule has 1 aromatic carbocycles. The fourth-order valence-electron chi connectivity index (χ4n) is 3.52. The van der Waals surface area contributed by atoms with Crippen LogP contribution in [0.25, 0.3) is 0 Å². The van der Waals surface area contributed by atoms with Crippen molar-refractivity contribution in [2.45, 2.75) is 12.8 Å². The largest absolute Gasteiger partial charge is 0.293 e. The summed E-state index contributed by atoms with van der Waals surface area (Å²) in [5.74, 6) is 0.0604. The summed E-state index contributed by atoms with van der Waals surface area (Å²) in [5.41, 5.74) is 1.09. The highest BCUT2D eigenvalue weighted by atomic mass is 16.2. The molecule has 1 aliphatic carbocycles. The normalized spacial score (nSPS) is 22.5. The molecule has 2 heterocycles. The molecule has 1 atom stereocenters. The van der Waals surface area contributed by atoms with Crippen LogP contribution in [0.1, 0.15) is 23.2 Å². The minimum absolute atomic E-state index is 0.143. The van der Waals surface area contributed by atoms with Crippen molar-refractivity contribution in [2.75, 3.05) is 4.90 Å². The minimum atomic E-state index is -1.07. The van der Waals surface area contributed by atoms with Gasteiger partial charge in [-0.05, 0) is 37.1 Å². The molecule has 0 saturated heterocycles. The maximum Gasteiger partial charge on any atom is 0.247 e. The summed E-state index contributed by atoms with van der Waals surface area (Å²) in [6.07, 6.45) is 6.07. The zero-order valence-electron chi connectivity index (χ0n) is 13.1. The van der Waals surface area contributed by atoms with Gasteiger partial charge in [0.05, 0.1) is 11.3 Å². The van der Waals surface area contributed by atoms with Crippen molar-refractivity contribution < 1.29 is 9.59 Å². The minimum Gasteiger partial charge on any atom is -0.293 e. The van der Waals surface area contributed by atoms with Gasteiger partial charge in [-0.2, -0.15) is 0 Å². The van der Waals surface area contributed by atoms with Crippen LogP contribution in [0.3, 0.4) is 0 Å². The molecule has 2 aromatic rings. The van der Waals surface area contributed by atoms with Gasteiger partial charge in [-0.3, -0.25) is 14.5 Å². The van der Waals surface area contributed by atoms with E-state index < -0.39 is 5.41 Å². The molecule has 1 aromatic heterocycles. The highest BCUT2D eigenvalue weighted by Gasteiger charge is 2.54. The molecular formula is C20H16N2O2. The fraction of sp³-hybridized carbons (Fsp3) is 0.150. The van der Waals surface area contributed by atoms with Crippen LogP contribution in [-0.4, -0.2) is 16.7 Å². The summed E-state index contributed by atoms with van der Waals surface area (Å²) < 4.78 is 0. The van der Waals surface area contributed by atoms with Gasteiger partial charge in [0.2, 0.25) is 5.91 Å². The standard InChI is InChI=1S/C20H16N2O2/c1-2-14-10-11-20(13-14)17(23)16-9-6-12-21-18(16)22(19(20)24)15-7-4-3-5-8-15/h2-10,12H,1,11,13H2. The molecule has 0 fully saturated rings. The van der Waals surface area contributed by atoms with Crippen molar-refractivity contribution in [3.8, 4) is 0 Å². The molecule has 0 bridgehead atoms. The first-order chi connectivity index (χ1) is 11.7. The van der Waals surface area contributed by atoms with Gasteiger partial charge in [-0.15, -0.1) is 0 Å². The number of carbonyl (C=O) groups excluding carboxylic acids is 2. The van der Waals surface area contributed by atoms with Gasteiger partial charge in [-0.25, -0.2) is 4.98 Å². The van der Waals surface area contributed by atoms with E-state index >= 15 is 0 Å². The van der Waals surface area contributed by atoms with E-state index in [1.807, 2.05) is 36.4 Å². The van der Waals surface area contributed by atoms with Crippen LogP contribution < -0.4 is 4.90 Å². The Hall–Kier alpha value is -3.01. The van der Waals surface area contributed by atoms with Crippen molar-refractivity contribution in [1.82, 2.24) is 4.98 Å². The van der Waals surface area contributed by atoms with Crippen molar-refractivity contribution in [3.05, 3.63) is 78.5 Å². The molecule has 4 rings (SSSR count). The molecule has 4 nitrogen and oxygen atoms in total. The number of benzene rings is 1. The number of para-hydroxylation sites is 1. The van der Waals surface area contributed by atoms with E-state index in [9.17, 15) is 9.59 Å². The highest BCUT2D eigenvalue weighted by molar-refractivity contribution is 6.26. The number of Topliss-reactive ketones (excluding diaryl/α,β-unsaturated/α-hetero) is 1. The Bertz CT molecular complexity index is 886. The second kappa shape index (κ2) is 5.27. The number of hydrogen-bond acceptors (Lipinski definition) is 3. The van der Waals surface area contributed by atoms with Crippen molar-refractivity contribution in [1.29, 1.82) is 0 Å². The van der Waals surface area contributed by atoms with Crippen molar-refractivity contribution >= 4 is 23.2 Å². The SMILES string of the molecule is C=CC1=CCC2(C1)C(=O)c1cccnc1N(c1ccccc1)C2=O. The Kier molecular flexibility index (Phi) is 3.20. The third kappa shape index (κ3) is 1.89. The van der Waals surface area contributed by atoms with Crippen LogP contribution >= 0.6 is 0 Å². The van der Waals surface area contributed by atoms with E-state index in [-0.39, 0.29) is 11.7 Å². The van der Waals surface area contributed by atoms with E-state index in [0.29, 0.717) is 24.2 Å². The topological polar surface area (TPSA) is 50.3 Å². The predicted octanol–water partition coefficient (Wildman–Crippen LogP) is 3.84. The number of pyridine rings is 1. The van der Waals surface area contributed by atoms with Crippen LogP contribution in [0.5, 0.6) is 0 Å². The summed E-state index contributed by atoms with van der Waals surface area (Å²) in [6, 6.07) is 12.8. The van der Waals surface area contributed by atoms with E-state index in [0.717, 1.165) is 11.3 Å². The van der Waals surface area contributed by atoms with E-state index in [1.165, 1.54) is 0 Å². The second-order valence-electron chi connectivity index (χ2n) is 6.13. The molecule has 1 aliphatic heterocycles. The third-order valence-corrected chi connectivity index (χ3v) is 4.79. The van der Waals surface area contributed by atoms with E-state index in [2.05, 4.69) is 11.6 Å². The molecule has 1 spiro atoms. The maximum absolute atomic E-state index is 13.4. The fourth-order valence-corrected chi connectivity index (χ4v) is 3.52. The maximum atomic E-state index is 13.4. The van der Waals surface area contributed by atoms with Gasteiger partial charge in [0.25, 0.3) is 0 Å². The van der Waals surface area contributed by atoms with Crippen LogP contribution in [-0.2, 0) is 4.79 Å². The molecule has 1 unspecified atom stereocenters. The summed E-state index contributed by atoms with van der Waals surface area (Å²) in [4.78, 5) is 32.4. The number of allylic oxidation sites excluding steroid dienone is 3. The van der Waals surface area contributed by atoms with Crippen molar-refractivity contribution in [2.24, 2.45) is 5.41 Å². The summed E-state index contributed by atoms with van der Waals surface area (Å²) >= 11 is 0. The number of amides is 1. The van der Waals surface area contributed by atoms with Gasteiger partial charge in [0, 0.05) is 6.20 Å². The Balaban J connectivity index is 1.92. The van der Waals surface area contributed by atoms with Gasteiger partial charge >= 0.3 is 0 Å². The van der Waals surface area contributed by atoms with Crippen LogP contribution in [0, 0.1) is 5.41 Å². The Labute approximate surface area is 140 Å². The average molecular weight is 316 g/mol. The first-order valence-corrected chi connectivity index (χ1v) is 7.88. The molecule has 0 N–H and O–H groups in total. The number of rotatable bonds is 2. The van der Waals surface area contributed by atoms with E-state index in [1.54, 1.807) is 29.3 Å². The Morgan fingerprint density at radius 1 is 1.12 bits per heavy atom. The third-order valence-electron chi connectivity index (χ3n) is 4.79. The highest BCUT2D eigenvalue weighted by Crippen LogP contribution is 2.48. The average Bonchev–Trinajstić information content (AvgIpc) is 3.07. The number of hydrogen-bond donors (Lipinski definition) is 0. The molecular weight excluding hydrogens is 300 g/mol. The van der Waals surface area contributed by atoms with Gasteiger partial charge < -0.3 is 0 Å². The number of fused-ring (bicyclic) bond motifs is 1. The number of carbonyl (C=O) groups is 2. The molecule has 0 radical (unpaired) electrons. The molecule has 0 saturated carbocycles. The number of nitrogens with zero attached hydrogens (tertiary/aromatic N) is 2. The van der Waals surface area contributed by atoms with E-state index in [4.69, 9.17) is 0 Å². The smallest absolute Gasteiger partial charge is 0.247 e. The molecule has 118 valence electrons. The summed E-state index contributed by atoms with van der Waals surface area (Å²) in [7, 11) is 0. The first-order valence-electron chi connectivity index (χ1n) is 7.88. The number of ketones is 1. The lowest BCUT2D eigenvalue weighted by molar-refractivity contribution is -0.125. The van der Waals surface area contributed by atoms with Gasteiger partial charge in [-0.1, -0.05) is 42.5 Å². The lowest BCUT2D eigenvalue weighted by Gasteiger charge is -2.38. The zero-order valence-corrected chi connectivity index (χ0v) is 13.1. The van der Waals surface area contributed by atoms with Crippen LogP contribution in [0.4, 0.5) is 11.5 Å². The summed E-state index contributed by atoms with van der Waals surface area (Å²) in [5, 5.41) is 0. The van der Waals surface area contributed by atoms with Gasteiger partial charge in [0.15, 0.2) is 11.6 Å². The lowest BCUT2D eigenvalue weighted by atomic mass is 9.73. The first kappa shape index (κ1) is 14.6. The van der Waals surface area contributed by atoms with Crippen LogP contribution in [0.15, 0.2) is 73.0 Å². The monoisotopic (exact) mass is 316 g/mol. The molecule has 4 heteroatoms. The Morgan fingerprint density at radius 3 is 2.62 bits per heavy atom. The Morgan fingerprint density at radius 2 is 1.92 bits per heavy atom. The predicted molar refractivity (Wildman–Crippen MR) is 92.1 cm³/mol. The number of anilines is 2. The number of aromatic nitrogens is 1. The van der Waals surface area contributed by atoms with Crippen molar-refractivity contribution in [3.63, 3.8) is 0 Å². The molecule has 2 aliphatic rings. The molecule has 24 heavy (non-hydrogen) atoms. The second-order valence-corrected chi connectivity index (χ2v) is 6.13. The van der Waals surface area contributed by atoms with Crippen LogP contribution in [0.2, 0.25) is 0 Å². The zero-order chi connectivity index (χ0) is 16.7. The summed E-state index contributed by atoms with van der Waals surface area (Å²) in [6.45, 7) is 3.78.